The van der Waals surface area contributed by atoms with E-state index in [9.17, 15) is 19.1 Å². The summed E-state index contributed by atoms with van der Waals surface area (Å²) in [6.07, 6.45) is -0.944. The summed E-state index contributed by atoms with van der Waals surface area (Å²) in [5.41, 5.74) is 4.13. The van der Waals surface area contributed by atoms with Gasteiger partial charge in [-0.1, -0.05) is 0 Å². The molecule has 1 amide bonds. The molecule has 1 aliphatic heterocycles. The number of fused-ring (bicyclic) bond motifs is 3. The van der Waals surface area contributed by atoms with Gasteiger partial charge in [0, 0.05) is 24.7 Å². The Morgan fingerprint density at radius 2 is 1.96 bits per heavy atom. The molecule has 2 bridgehead atoms. The Hall–Kier alpha value is -2.51. The number of nitrogens with zero attached hydrogens (tertiary/aromatic N) is 4. The van der Waals surface area contributed by atoms with E-state index in [1.807, 2.05) is 27.8 Å². The first kappa shape index (κ1) is 17.9. The quantitative estimate of drug-likeness (QED) is 0.884. The van der Waals surface area contributed by atoms with Crippen molar-refractivity contribution in [3.63, 3.8) is 0 Å². The Morgan fingerprint density at radius 3 is 2.59 bits per heavy atom. The Bertz CT molecular complexity index is 970. The number of alkyl halides is 1. The van der Waals surface area contributed by atoms with Crippen LogP contribution in [0, 0.1) is 32.6 Å². The molecule has 1 aliphatic carbocycles. The molecule has 2 aliphatic rings. The van der Waals surface area contributed by atoms with Gasteiger partial charge in [0.05, 0.1) is 24.1 Å². The van der Waals surface area contributed by atoms with Gasteiger partial charge in [-0.05, 0) is 44.2 Å². The number of aliphatic carboxylic acids is 1. The van der Waals surface area contributed by atoms with Crippen LogP contribution in [0.3, 0.4) is 0 Å². The van der Waals surface area contributed by atoms with Crippen molar-refractivity contribution in [3.05, 3.63) is 22.5 Å². The maximum Gasteiger partial charge on any atom is 0.309 e. The van der Waals surface area contributed by atoms with Gasteiger partial charge in [0.15, 0.2) is 5.65 Å². The summed E-state index contributed by atoms with van der Waals surface area (Å²) in [7, 11) is 1.83. The monoisotopic (exact) mass is 374 g/mol. The Morgan fingerprint density at radius 1 is 1.26 bits per heavy atom. The molecule has 1 saturated heterocycles. The second-order valence-electron chi connectivity index (χ2n) is 7.80. The highest BCUT2D eigenvalue weighted by molar-refractivity contribution is 5.87. The first-order valence-corrected chi connectivity index (χ1v) is 9.16. The molecule has 7 nitrogen and oxygen atoms in total. The number of rotatable bonds is 3. The molecular weight excluding hydrogens is 351 g/mol. The van der Waals surface area contributed by atoms with Crippen LogP contribution in [0.25, 0.3) is 11.0 Å². The van der Waals surface area contributed by atoms with Crippen LogP contribution in [0.4, 0.5) is 4.39 Å². The number of carbonyl (C=O) groups is 2. The number of piperidine rings is 1. The summed E-state index contributed by atoms with van der Waals surface area (Å²) in [6, 6.07) is -0.850. The van der Waals surface area contributed by atoms with Gasteiger partial charge < -0.3 is 10.0 Å². The van der Waals surface area contributed by atoms with Crippen LogP contribution in [0.2, 0.25) is 0 Å². The van der Waals surface area contributed by atoms with E-state index in [-0.39, 0.29) is 24.7 Å². The minimum atomic E-state index is -1.27. The lowest BCUT2D eigenvalue weighted by molar-refractivity contribution is -0.143. The molecule has 27 heavy (non-hydrogen) atoms. The summed E-state index contributed by atoms with van der Waals surface area (Å²) < 4.78 is 16.0. The van der Waals surface area contributed by atoms with Crippen LogP contribution < -0.4 is 0 Å². The Balaban J connectivity index is 1.66. The fourth-order valence-corrected chi connectivity index (χ4v) is 5.02. The van der Waals surface area contributed by atoms with Crippen molar-refractivity contribution in [3.8, 4) is 0 Å². The van der Waals surface area contributed by atoms with Crippen LogP contribution in [-0.4, -0.2) is 55.4 Å². The number of hydrogen-bond donors (Lipinski definition) is 1. The van der Waals surface area contributed by atoms with Crippen molar-refractivity contribution in [2.45, 2.75) is 45.8 Å². The summed E-state index contributed by atoms with van der Waals surface area (Å²) in [5, 5.41) is 14.8. The number of pyridine rings is 1. The van der Waals surface area contributed by atoms with Gasteiger partial charge in [-0.3, -0.25) is 14.3 Å². The molecule has 0 spiro atoms. The predicted molar refractivity (Wildman–Crippen MR) is 96.1 cm³/mol. The molecule has 8 heteroatoms. The van der Waals surface area contributed by atoms with Crippen LogP contribution in [0.15, 0.2) is 0 Å². The summed E-state index contributed by atoms with van der Waals surface area (Å²) in [5.74, 6) is -2.34. The van der Waals surface area contributed by atoms with Crippen molar-refractivity contribution >= 4 is 22.9 Å². The molecule has 2 fully saturated rings. The minimum absolute atomic E-state index is 0.0945. The zero-order chi connectivity index (χ0) is 19.6. The standard InChI is InChI=1S/C19H23FN4O3/c1-8-12(9(2)21-18-15(8)10(3)22-23(18)4)6-14(25)24-7-11-5-13(20)17(24)16(11)19(26)27/h11,13,16-17H,5-7H2,1-4H3,(H,26,27)/t11-,13-,16-,17-/m0/s1. The summed E-state index contributed by atoms with van der Waals surface area (Å²) in [6.45, 7) is 6.02. The van der Waals surface area contributed by atoms with E-state index >= 15 is 0 Å². The van der Waals surface area contributed by atoms with E-state index in [4.69, 9.17) is 0 Å². The van der Waals surface area contributed by atoms with E-state index in [0.29, 0.717) is 6.54 Å². The molecule has 1 saturated carbocycles. The summed E-state index contributed by atoms with van der Waals surface area (Å²) in [4.78, 5) is 30.5. The Labute approximate surface area is 156 Å². The maximum atomic E-state index is 14.3. The van der Waals surface area contributed by atoms with Gasteiger partial charge in [0.1, 0.15) is 6.17 Å². The molecule has 0 unspecified atom stereocenters. The van der Waals surface area contributed by atoms with Gasteiger partial charge >= 0.3 is 5.97 Å². The average molecular weight is 374 g/mol. The second-order valence-corrected chi connectivity index (χ2v) is 7.80. The highest BCUT2D eigenvalue weighted by atomic mass is 19.1. The predicted octanol–water partition coefficient (Wildman–Crippen LogP) is 1.71. The number of likely N-dealkylation sites (tertiary alicyclic amines) is 1. The highest BCUT2D eigenvalue weighted by Gasteiger charge is 2.57. The van der Waals surface area contributed by atoms with Gasteiger partial charge in [-0.15, -0.1) is 0 Å². The third-order valence-corrected chi connectivity index (χ3v) is 6.23. The van der Waals surface area contributed by atoms with Crippen molar-refractivity contribution in [1.82, 2.24) is 19.7 Å². The van der Waals surface area contributed by atoms with Crippen molar-refractivity contribution in [2.75, 3.05) is 6.54 Å². The number of carbonyl (C=O) groups excluding carboxylic acids is 1. The third kappa shape index (κ3) is 2.53. The molecule has 2 aromatic rings. The summed E-state index contributed by atoms with van der Waals surface area (Å²) >= 11 is 0. The van der Waals surface area contributed by atoms with E-state index in [1.54, 1.807) is 4.68 Å². The lowest BCUT2D eigenvalue weighted by Gasteiger charge is -2.30. The van der Waals surface area contributed by atoms with Crippen LogP contribution in [0.1, 0.15) is 28.9 Å². The minimum Gasteiger partial charge on any atom is -0.481 e. The van der Waals surface area contributed by atoms with Crippen LogP contribution >= 0.6 is 0 Å². The van der Waals surface area contributed by atoms with Crippen LogP contribution in [-0.2, 0) is 23.1 Å². The SMILES string of the molecule is Cc1nc2c(c(C)nn2C)c(C)c1CC(=O)N1C[C@@H]2C[C@H](F)[C@H]1[C@H]2C(=O)O. The molecule has 4 atom stereocenters. The zero-order valence-electron chi connectivity index (χ0n) is 15.9. The fourth-order valence-electron chi connectivity index (χ4n) is 5.02. The number of hydrogen-bond acceptors (Lipinski definition) is 4. The van der Waals surface area contributed by atoms with Crippen molar-refractivity contribution in [2.24, 2.45) is 18.9 Å². The largest absolute Gasteiger partial charge is 0.481 e. The highest BCUT2D eigenvalue weighted by Crippen LogP contribution is 2.45. The van der Waals surface area contributed by atoms with E-state index in [1.165, 1.54) is 4.90 Å². The third-order valence-electron chi connectivity index (χ3n) is 6.23. The van der Waals surface area contributed by atoms with E-state index in [0.717, 1.165) is 33.5 Å². The first-order valence-electron chi connectivity index (χ1n) is 9.16. The average Bonchev–Trinajstić information content (AvgIpc) is 3.20. The smallest absolute Gasteiger partial charge is 0.309 e. The Kier molecular flexibility index (Phi) is 3.98. The lowest BCUT2D eigenvalue weighted by Crippen LogP contribution is -2.46. The van der Waals surface area contributed by atoms with Gasteiger partial charge in [0.2, 0.25) is 5.91 Å². The fraction of sp³-hybridized carbons (Fsp3) is 0.579. The van der Waals surface area contributed by atoms with E-state index in [2.05, 4.69) is 10.1 Å². The molecule has 0 radical (unpaired) electrons. The number of halogens is 1. The lowest BCUT2D eigenvalue weighted by atomic mass is 9.99. The van der Waals surface area contributed by atoms with Gasteiger partial charge in [-0.25, -0.2) is 9.37 Å². The van der Waals surface area contributed by atoms with Gasteiger partial charge in [0.25, 0.3) is 0 Å². The van der Waals surface area contributed by atoms with Gasteiger partial charge in [-0.2, -0.15) is 5.10 Å². The van der Waals surface area contributed by atoms with E-state index < -0.39 is 24.1 Å². The normalized spacial score (nSPS) is 26.9. The molecule has 0 aromatic carbocycles. The molecule has 1 N–H and O–H groups in total. The molecule has 2 aromatic heterocycles. The first-order chi connectivity index (χ1) is 12.7. The number of amides is 1. The second kappa shape index (κ2) is 6.00. The number of aromatic nitrogens is 3. The molecule has 144 valence electrons. The van der Waals surface area contributed by atoms with Crippen LogP contribution in [0.5, 0.6) is 0 Å². The molecular formula is C19H23FN4O3. The van der Waals surface area contributed by atoms with Crippen molar-refractivity contribution in [1.29, 1.82) is 0 Å². The maximum absolute atomic E-state index is 14.3. The number of carboxylic acids is 1. The topological polar surface area (TPSA) is 88.3 Å². The molecule has 3 heterocycles. The zero-order valence-corrected chi connectivity index (χ0v) is 15.9. The number of aryl methyl sites for hydroxylation is 4. The molecule has 4 rings (SSSR count). The van der Waals surface area contributed by atoms with Crippen molar-refractivity contribution < 1.29 is 19.1 Å². The number of carboxylic acid groups (broad SMARTS) is 1.